The van der Waals surface area contributed by atoms with Crippen LogP contribution in [0.3, 0.4) is 0 Å². The van der Waals surface area contributed by atoms with Crippen molar-refractivity contribution in [3.63, 3.8) is 0 Å². The zero-order chi connectivity index (χ0) is 28.2. The topological polar surface area (TPSA) is 103 Å². The Morgan fingerprint density at radius 1 is 1.10 bits per heavy atom. The number of aliphatic hydroxyl groups excluding tert-OH is 1. The number of nitrogens with zero attached hydrogens (tertiary/aromatic N) is 1. The highest BCUT2D eigenvalue weighted by molar-refractivity contribution is 7.21. The Labute approximate surface area is 241 Å². The molecule has 5 aromatic rings. The number of aromatic nitrogens is 1. The summed E-state index contributed by atoms with van der Waals surface area (Å²) < 4.78 is 24.1. The lowest BCUT2D eigenvalue weighted by molar-refractivity contribution is -0.148. The van der Waals surface area contributed by atoms with Gasteiger partial charge in [0.1, 0.15) is 10.6 Å². The van der Waals surface area contributed by atoms with Crippen LogP contribution >= 0.6 is 11.3 Å². The van der Waals surface area contributed by atoms with Crippen LogP contribution in [-0.2, 0) is 19.0 Å². The van der Waals surface area contributed by atoms with E-state index in [1.165, 1.54) is 5.56 Å². The number of para-hydroxylation sites is 1. The van der Waals surface area contributed by atoms with Crippen LogP contribution in [-0.4, -0.2) is 48.7 Å². The van der Waals surface area contributed by atoms with Gasteiger partial charge in [-0.15, -0.1) is 11.3 Å². The Hall–Kier alpha value is -4.02. The van der Waals surface area contributed by atoms with Gasteiger partial charge in [-0.3, -0.25) is 4.79 Å². The summed E-state index contributed by atoms with van der Waals surface area (Å²) in [4.78, 5) is 18.1. The van der Waals surface area contributed by atoms with E-state index in [1.54, 1.807) is 17.6 Å². The average Bonchev–Trinajstić information content (AvgIpc) is 3.61. The second-order valence-electron chi connectivity index (χ2n) is 9.84. The van der Waals surface area contributed by atoms with Crippen molar-refractivity contribution in [1.82, 2.24) is 4.98 Å². The maximum absolute atomic E-state index is 13.4. The molecule has 6 rings (SSSR count). The Morgan fingerprint density at radius 3 is 2.80 bits per heavy atom. The van der Waals surface area contributed by atoms with Gasteiger partial charge in [0, 0.05) is 34.5 Å². The zero-order valence-corrected chi connectivity index (χ0v) is 23.4. The Balaban J connectivity index is 1.19. The van der Waals surface area contributed by atoms with Gasteiger partial charge in [-0.2, -0.15) is 0 Å². The molecule has 3 aromatic carbocycles. The third kappa shape index (κ3) is 6.18. The van der Waals surface area contributed by atoms with Gasteiger partial charge in [0.2, 0.25) is 6.29 Å². The number of hydrogen-bond donors (Lipinski definition) is 2. The van der Waals surface area contributed by atoms with Crippen LogP contribution in [0.4, 0.5) is 5.69 Å². The monoisotopic (exact) mass is 570 g/mol. The molecule has 8 nitrogen and oxygen atoms in total. The number of allylic oxidation sites excluding steroid dienone is 1. The smallest absolute Gasteiger partial charge is 0.290 e. The Kier molecular flexibility index (Phi) is 8.11. The number of aryl methyl sites for hydroxylation is 1. The molecule has 0 spiro atoms. The molecule has 3 heterocycles. The molecule has 0 saturated heterocycles. The number of carbonyl (C=O) groups is 1. The van der Waals surface area contributed by atoms with E-state index in [2.05, 4.69) is 24.4 Å². The van der Waals surface area contributed by atoms with E-state index in [9.17, 15) is 4.79 Å². The van der Waals surface area contributed by atoms with Crippen molar-refractivity contribution in [1.29, 1.82) is 0 Å². The van der Waals surface area contributed by atoms with Crippen LogP contribution in [0, 0.1) is 6.92 Å². The number of amides is 1. The molecular formula is C32H30N2O6S. The molecule has 0 bridgehead atoms. The summed E-state index contributed by atoms with van der Waals surface area (Å²) >= 11 is 1.65. The van der Waals surface area contributed by atoms with Crippen molar-refractivity contribution >= 4 is 44.1 Å². The van der Waals surface area contributed by atoms with Gasteiger partial charge in [0.15, 0.2) is 5.76 Å². The van der Waals surface area contributed by atoms with Crippen LogP contribution < -0.4 is 5.32 Å². The highest BCUT2D eigenvalue weighted by Crippen LogP contribution is 2.37. The summed E-state index contributed by atoms with van der Waals surface area (Å²) in [5.41, 5.74) is 5.56. The van der Waals surface area contributed by atoms with Crippen LogP contribution in [0.5, 0.6) is 0 Å². The fourth-order valence-corrected chi connectivity index (χ4v) is 5.94. The number of fused-ring (bicyclic) bond motifs is 2. The van der Waals surface area contributed by atoms with Gasteiger partial charge in [-0.1, -0.05) is 24.3 Å². The van der Waals surface area contributed by atoms with Crippen molar-refractivity contribution < 1.29 is 28.5 Å². The number of rotatable bonds is 10. The normalized spacial score (nSPS) is 17.0. The first kappa shape index (κ1) is 27.2. The molecule has 0 saturated carbocycles. The van der Waals surface area contributed by atoms with Gasteiger partial charge in [-0.25, -0.2) is 4.98 Å². The highest BCUT2D eigenvalue weighted by Gasteiger charge is 2.30. The predicted molar refractivity (Wildman–Crippen MR) is 159 cm³/mol. The second-order valence-corrected chi connectivity index (χ2v) is 10.9. The number of anilines is 1. The van der Waals surface area contributed by atoms with E-state index < -0.39 is 6.29 Å². The summed E-state index contributed by atoms with van der Waals surface area (Å²) in [6.45, 7) is 2.84. The largest absolute Gasteiger partial charge is 0.464 e. The minimum absolute atomic E-state index is 0.0517. The van der Waals surface area contributed by atoms with Crippen molar-refractivity contribution in [2.45, 2.75) is 25.6 Å². The third-order valence-electron chi connectivity index (χ3n) is 6.89. The molecule has 41 heavy (non-hydrogen) atoms. The van der Waals surface area contributed by atoms with Gasteiger partial charge in [0.05, 0.1) is 42.9 Å². The van der Waals surface area contributed by atoms with Crippen molar-refractivity contribution in [3.8, 4) is 10.6 Å². The van der Waals surface area contributed by atoms with Crippen LogP contribution in [0.25, 0.3) is 31.8 Å². The van der Waals surface area contributed by atoms with E-state index in [0.29, 0.717) is 18.7 Å². The van der Waals surface area contributed by atoms with Crippen LogP contribution in [0.15, 0.2) is 89.2 Å². The molecule has 2 N–H and O–H groups in total. The van der Waals surface area contributed by atoms with E-state index in [4.69, 9.17) is 28.7 Å². The minimum Gasteiger partial charge on any atom is -0.464 e. The number of benzene rings is 3. The second kappa shape index (κ2) is 12.2. The first-order valence-electron chi connectivity index (χ1n) is 13.5. The minimum atomic E-state index is -0.651. The first-order valence-corrected chi connectivity index (χ1v) is 14.3. The van der Waals surface area contributed by atoms with Gasteiger partial charge in [-0.05, 0) is 61.0 Å². The summed E-state index contributed by atoms with van der Waals surface area (Å²) in [5.74, 6) is -0.337. The summed E-state index contributed by atoms with van der Waals surface area (Å²) in [5, 5.41) is 13.8. The van der Waals surface area contributed by atoms with E-state index >= 15 is 0 Å². The molecule has 1 amide bonds. The predicted octanol–water partition coefficient (Wildman–Crippen LogP) is 6.40. The molecular weight excluding hydrogens is 540 g/mol. The van der Waals surface area contributed by atoms with Crippen molar-refractivity contribution in [3.05, 3.63) is 96.0 Å². The lowest BCUT2D eigenvalue weighted by atomic mass is 9.92. The lowest BCUT2D eigenvalue weighted by Gasteiger charge is -2.29. The molecule has 9 heteroatoms. The number of furan rings is 1. The van der Waals surface area contributed by atoms with Crippen molar-refractivity contribution in [2.24, 2.45) is 0 Å². The third-order valence-corrected chi connectivity index (χ3v) is 7.96. The molecule has 2 unspecified atom stereocenters. The standard InChI is InChI=1S/C32H30N2O6S/c1-20-6-11-26-29(16-20)41-32(34-26)21-7-9-23(10-8-21)33-31(36)28-17-22(18-30(40-28)38-15-14-37-13-12-35)25-19-39-27-5-3-2-4-24(25)27/h2-11,16-17,19,22,30,35H,12-15,18H2,1H3,(H,33,36). The fraction of sp³-hybridized carbons (Fsp3) is 0.250. The summed E-state index contributed by atoms with van der Waals surface area (Å²) in [6.07, 6.45) is 3.42. The number of ether oxygens (including phenoxy) is 3. The molecule has 0 aliphatic carbocycles. The number of nitrogens with one attached hydrogen (secondary N) is 1. The summed E-state index contributed by atoms with van der Waals surface area (Å²) in [7, 11) is 0. The SMILES string of the molecule is Cc1ccc2nc(-c3ccc(NC(=O)C4=CC(c5coc6ccccc56)CC(OCCOCCO)O4)cc3)sc2c1. The number of aliphatic hydroxyl groups is 1. The highest BCUT2D eigenvalue weighted by atomic mass is 32.1. The van der Waals surface area contributed by atoms with Crippen molar-refractivity contribution in [2.75, 3.05) is 31.7 Å². The van der Waals surface area contributed by atoms with Crippen LogP contribution in [0.1, 0.15) is 23.5 Å². The quantitative estimate of drug-likeness (QED) is 0.187. The van der Waals surface area contributed by atoms with E-state index in [-0.39, 0.29) is 37.4 Å². The number of thiazole rings is 1. The fourth-order valence-electron chi connectivity index (χ4n) is 4.87. The molecule has 2 atom stereocenters. The molecule has 2 aromatic heterocycles. The summed E-state index contributed by atoms with van der Waals surface area (Å²) in [6, 6.07) is 21.7. The Morgan fingerprint density at radius 2 is 1.95 bits per heavy atom. The van der Waals surface area contributed by atoms with E-state index in [0.717, 1.165) is 37.3 Å². The van der Waals surface area contributed by atoms with E-state index in [1.807, 2.05) is 60.7 Å². The number of hydrogen-bond acceptors (Lipinski definition) is 8. The van der Waals surface area contributed by atoms with Gasteiger partial charge < -0.3 is 29.1 Å². The maximum atomic E-state index is 13.4. The number of carbonyl (C=O) groups excluding carboxylic acids is 1. The maximum Gasteiger partial charge on any atom is 0.290 e. The molecule has 0 fully saturated rings. The van der Waals surface area contributed by atoms with Crippen LogP contribution in [0.2, 0.25) is 0 Å². The molecule has 0 radical (unpaired) electrons. The molecule has 210 valence electrons. The average molecular weight is 571 g/mol. The Bertz CT molecular complexity index is 1690. The molecule has 1 aliphatic rings. The molecule has 1 aliphatic heterocycles. The van der Waals surface area contributed by atoms with Gasteiger partial charge in [0.25, 0.3) is 5.91 Å². The lowest BCUT2D eigenvalue weighted by Crippen LogP contribution is -2.30. The van der Waals surface area contributed by atoms with Gasteiger partial charge >= 0.3 is 0 Å². The first-order chi connectivity index (χ1) is 20.1. The zero-order valence-electron chi connectivity index (χ0n) is 22.5.